The molecule has 3 aliphatic rings. The normalized spacial score (nSPS) is 19.7. The van der Waals surface area contributed by atoms with E-state index >= 15 is 0 Å². The van der Waals surface area contributed by atoms with Gasteiger partial charge in [-0.05, 0) is 129 Å². The molecule has 4 unspecified atom stereocenters. The van der Waals surface area contributed by atoms with Crippen molar-refractivity contribution in [2.24, 2.45) is 0 Å². The lowest BCUT2D eigenvalue weighted by atomic mass is 9.78. The van der Waals surface area contributed by atoms with Crippen molar-refractivity contribution in [1.82, 2.24) is 30.4 Å². The van der Waals surface area contributed by atoms with Crippen molar-refractivity contribution in [3.63, 3.8) is 0 Å². The lowest BCUT2D eigenvalue weighted by molar-refractivity contribution is -0.0972. The van der Waals surface area contributed by atoms with Crippen LogP contribution in [-0.4, -0.2) is 133 Å². The van der Waals surface area contributed by atoms with E-state index in [1.807, 2.05) is 39.8 Å². The summed E-state index contributed by atoms with van der Waals surface area (Å²) < 4.78 is 101. The number of nitrogens with one attached hydrogen (secondary N) is 2. The number of hydrogen-bond donors (Lipinski definition) is 4. The van der Waals surface area contributed by atoms with Crippen LogP contribution in [0.25, 0.3) is 11.3 Å². The third-order valence-corrected chi connectivity index (χ3v) is 12.5. The van der Waals surface area contributed by atoms with Gasteiger partial charge >= 0.3 is 18.3 Å². The first-order valence-corrected chi connectivity index (χ1v) is 24.3. The van der Waals surface area contributed by atoms with Crippen molar-refractivity contribution in [2.75, 3.05) is 46.6 Å². The van der Waals surface area contributed by atoms with Crippen molar-refractivity contribution >= 4 is 86.5 Å². The Bertz CT molecular complexity index is 2910. The highest BCUT2D eigenvalue weighted by molar-refractivity contribution is 9.10. The quantitative estimate of drug-likeness (QED) is 0.0518. The Balaban J connectivity index is 0.000000196. The van der Waals surface area contributed by atoms with Gasteiger partial charge in [-0.1, -0.05) is 0 Å². The maximum absolute atomic E-state index is 14.1. The molecule has 4 N–H and O–H groups in total. The fraction of sp³-hybridized carbons (Fsp3) is 0.333. The van der Waals surface area contributed by atoms with Crippen molar-refractivity contribution in [3.05, 3.63) is 125 Å². The van der Waals surface area contributed by atoms with E-state index in [2.05, 4.69) is 66.4 Å². The molecule has 0 bridgehead atoms. The number of aromatic nitrogens is 6. The average molecular weight is 1170 g/mol. The predicted molar refractivity (Wildman–Crippen MR) is 273 cm³/mol. The van der Waals surface area contributed by atoms with Crippen LogP contribution < -0.4 is 35.4 Å². The van der Waals surface area contributed by atoms with Gasteiger partial charge in [0.1, 0.15) is 52.3 Å². The molecule has 3 saturated heterocycles. The van der Waals surface area contributed by atoms with Gasteiger partial charge in [0, 0.05) is 83.5 Å². The van der Waals surface area contributed by atoms with Gasteiger partial charge in [-0.2, -0.15) is 15.3 Å². The minimum Gasteiger partial charge on any atom is -0.420 e. The first-order valence-electron chi connectivity index (χ1n) is 22.8. The Labute approximate surface area is 449 Å². The minimum atomic E-state index is -3.85. The van der Waals surface area contributed by atoms with Gasteiger partial charge in [-0.3, -0.25) is 9.59 Å². The Hall–Kier alpha value is -6.42. The first-order chi connectivity index (χ1) is 35.7. The lowest BCUT2D eigenvalue weighted by Gasteiger charge is -2.32. The van der Waals surface area contributed by atoms with Crippen LogP contribution in [0.2, 0.25) is 0 Å². The van der Waals surface area contributed by atoms with Crippen LogP contribution in [0.4, 0.5) is 49.4 Å². The summed E-state index contributed by atoms with van der Waals surface area (Å²) in [7, 11) is -0.894. The highest BCUT2D eigenvalue weighted by Crippen LogP contribution is 2.38. The fourth-order valence-electron chi connectivity index (χ4n) is 7.48. The Morgan fingerprint density at radius 3 is 1.54 bits per heavy atom. The summed E-state index contributed by atoms with van der Waals surface area (Å²) in [6, 6.07) is 20.4. The Morgan fingerprint density at radius 2 is 1.14 bits per heavy atom. The van der Waals surface area contributed by atoms with E-state index in [1.165, 1.54) is 73.2 Å². The number of benzene rings is 2. The molecule has 4 atom stereocenters. The maximum Gasteiger partial charge on any atom is 0.498 e. The van der Waals surface area contributed by atoms with Crippen LogP contribution in [0.15, 0.2) is 114 Å². The van der Waals surface area contributed by atoms with E-state index in [4.69, 9.17) is 32.5 Å². The molecule has 6 aromatic rings. The molecule has 28 heteroatoms. The molecule has 3 fully saturated rings. The highest BCUT2D eigenvalue weighted by Gasteiger charge is 2.53. The number of halogens is 9. The number of hydrogen-bond acceptors (Lipinski definition) is 16. The van der Waals surface area contributed by atoms with E-state index in [0.29, 0.717) is 39.7 Å². The van der Waals surface area contributed by atoms with Crippen molar-refractivity contribution in [3.8, 4) is 22.8 Å². The van der Waals surface area contributed by atoms with Crippen LogP contribution in [0.1, 0.15) is 48.4 Å². The second-order valence-electron chi connectivity index (χ2n) is 18.0. The zero-order valence-corrected chi connectivity index (χ0v) is 43.5. The van der Waals surface area contributed by atoms with E-state index < -0.39 is 65.8 Å². The number of amides is 2. The molecule has 9 rings (SSSR count). The van der Waals surface area contributed by atoms with Gasteiger partial charge in [0.2, 0.25) is 0 Å². The standard InChI is InChI=1S/C23H26BClF3N3O5.C21H17ClF3N5O3.C4H3BrN2/c1-21(2)22(3,4)36-24(35-21)16-9-13(10-29-19(16)31-11-17(26)18(32)12-31)20(33)30-14-5-7-15(8-6-14)34-23(25,27)28;22-21(24,25)33-14-5-3-13(4-6-14)28-20(32)12-8-15(17-2-1-7-27-29-17)19(26-9-12)30-10-16(23)18(31)11-30;5-4-2-1-3-6-7-4/h5-10,17-18,32H,11-12H2,1-4H3,(H,30,33);1-9,16,18,31H,10-11H2,(H,28,32);1-3H. The van der Waals surface area contributed by atoms with Crippen molar-refractivity contribution < 1.29 is 64.9 Å². The van der Waals surface area contributed by atoms with Gasteiger partial charge < -0.3 is 49.4 Å². The summed E-state index contributed by atoms with van der Waals surface area (Å²) >= 11 is 12.6. The third kappa shape index (κ3) is 15.2. The summed E-state index contributed by atoms with van der Waals surface area (Å²) in [5, 5.41) is 40.1. The maximum atomic E-state index is 14.1. The molecule has 3 aliphatic heterocycles. The van der Waals surface area contributed by atoms with E-state index in [1.54, 1.807) is 34.2 Å². The smallest absolute Gasteiger partial charge is 0.420 e. The molecule has 76 heavy (non-hydrogen) atoms. The van der Waals surface area contributed by atoms with Crippen LogP contribution in [-0.2, 0) is 9.31 Å². The number of anilines is 4. The molecular formula is C48H46BBrCl2F6N10O8. The number of carbonyl (C=O) groups excluding carboxylic acids is 2. The summed E-state index contributed by atoms with van der Waals surface area (Å²) in [5.74, 6) is -0.722. The molecule has 7 heterocycles. The fourth-order valence-corrected chi connectivity index (χ4v) is 7.91. The van der Waals surface area contributed by atoms with Crippen LogP contribution in [0.3, 0.4) is 0 Å². The lowest BCUT2D eigenvalue weighted by Crippen LogP contribution is -2.41. The molecule has 2 amide bonds. The topological polar surface area (TPSA) is 219 Å². The van der Waals surface area contributed by atoms with Crippen LogP contribution in [0.5, 0.6) is 11.5 Å². The Kier molecular flexibility index (Phi) is 18.0. The molecule has 0 saturated carbocycles. The number of β-amino-alcohol motifs (C(OH)–C–C–N with tert-alkyl or cyclic N) is 2. The summed E-state index contributed by atoms with van der Waals surface area (Å²) in [6.45, 7) is 7.46. The number of carbonyl (C=O) groups is 2. The Morgan fingerprint density at radius 1 is 0.697 bits per heavy atom. The van der Waals surface area contributed by atoms with Gasteiger partial charge in [0.15, 0.2) is 0 Å². The molecule has 2 aromatic carbocycles. The van der Waals surface area contributed by atoms with Gasteiger partial charge in [-0.25, -0.2) is 18.7 Å². The largest absolute Gasteiger partial charge is 0.498 e. The third-order valence-electron chi connectivity index (χ3n) is 11.9. The molecule has 0 spiro atoms. The number of pyridine rings is 2. The molecule has 18 nitrogen and oxygen atoms in total. The molecule has 4 aromatic heterocycles. The van der Waals surface area contributed by atoms with Gasteiger partial charge in [-0.15, -0.1) is 22.7 Å². The summed E-state index contributed by atoms with van der Waals surface area (Å²) in [6.07, 6.45) is 0.586. The summed E-state index contributed by atoms with van der Waals surface area (Å²) in [4.78, 5) is 37.6. The highest BCUT2D eigenvalue weighted by atomic mass is 79.9. The number of rotatable bonds is 12. The minimum absolute atomic E-state index is 0.0297. The second kappa shape index (κ2) is 23.9. The second-order valence-corrected chi connectivity index (χ2v) is 19.7. The first kappa shape index (κ1) is 57.3. The van der Waals surface area contributed by atoms with Crippen LogP contribution in [0, 0.1) is 0 Å². The predicted octanol–water partition coefficient (Wildman–Crippen LogP) is 8.04. The number of aliphatic hydroxyl groups is 2. The molecule has 402 valence electrons. The molecule has 0 aliphatic carbocycles. The van der Waals surface area contributed by atoms with E-state index in [-0.39, 0.29) is 48.8 Å². The average Bonchev–Trinajstić information content (AvgIpc) is 3.96. The zero-order valence-electron chi connectivity index (χ0n) is 40.4. The molecule has 0 radical (unpaired) electrons. The summed E-state index contributed by atoms with van der Waals surface area (Å²) in [5.41, 5.74) is -6.83. The zero-order chi connectivity index (χ0) is 55.2. The number of aliphatic hydroxyl groups excluding tert-OH is 2. The number of nitrogens with zero attached hydrogens (tertiary/aromatic N) is 8. The van der Waals surface area contributed by atoms with Crippen LogP contribution >= 0.6 is 39.1 Å². The number of alkyl halides is 8. The molecular weight excluding hydrogens is 1120 g/mol. The van der Waals surface area contributed by atoms with E-state index in [0.717, 1.165) is 4.60 Å². The number of ether oxygens (including phenoxy) is 2. The SMILES string of the molecule is Brc1cccnn1.CC1(C)OB(c2cc(C(=O)Nc3ccc(OC(F)(F)Cl)cc3)cnc2N2CC(O)C(F)C2)OC1(C)C.O=C(Nc1ccc(OC(F)(F)Cl)cc1)c1cnc(N2CC(O)C(F)C2)c(-c2cccnn2)c1. The van der Waals surface area contributed by atoms with Gasteiger partial charge in [0.05, 0.1) is 41.1 Å². The van der Waals surface area contributed by atoms with Gasteiger partial charge in [0.25, 0.3) is 11.8 Å². The van der Waals surface area contributed by atoms with Crippen molar-refractivity contribution in [1.29, 1.82) is 0 Å². The van der Waals surface area contributed by atoms with E-state index in [9.17, 15) is 46.1 Å². The van der Waals surface area contributed by atoms with Crippen molar-refractivity contribution in [2.45, 2.75) is 74.6 Å². The monoisotopic (exact) mass is 1160 g/mol.